The molecule has 4 nitrogen and oxygen atoms in total. The molecule has 1 aliphatic rings. The Bertz CT molecular complexity index is 960. The molecule has 2 N–H and O–H groups in total. The minimum absolute atomic E-state index is 0.244. The van der Waals surface area contributed by atoms with E-state index in [4.69, 9.17) is 0 Å². The SMILES string of the molecule is Cc1ccc(NC(=O)Nc2cccc(-c3cccc(N4CCCC4)c3)c2)cc1. The molecule has 0 spiro atoms. The van der Waals surface area contributed by atoms with E-state index in [0.29, 0.717) is 0 Å². The highest BCUT2D eigenvalue weighted by Crippen LogP contribution is 2.28. The smallest absolute Gasteiger partial charge is 0.323 e. The van der Waals surface area contributed by atoms with Gasteiger partial charge in [0.2, 0.25) is 0 Å². The van der Waals surface area contributed by atoms with E-state index in [1.54, 1.807) is 0 Å². The summed E-state index contributed by atoms with van der Waals surface area (Å²) in [5.74, 6) is 0. The Labute approximate surface area is 166 Å². The number of carbonyl (C=O) groups is 1. The van der Waals surface area contributed by atoms with Gasteiger partial charge in [0.05, 0.1) is 0 Å². The van der Waals surface area contributed by atoms with Gasteiger partial charge in [0.15, 0.2) is 0 Å². The molecule has 1 aliphatic heterocycles. The van der Waals surface area contributed by atoms with Crippen LogP contribution in [0.5, 0.6) is 0 Å². The molecule has 1 fully saturated rings. The Balaban J connectivity index is 1.47. The van der Waals surface area contributed by atoms with E-state index in [0.717, 1.165) is 41.2 Å². The van der Waals surface area contributed by atoms with Crippen molar-refractivity contribution in [2.24, 2.45) is 0 Å². The number of benzene rings is 3. The molecule has 3 aromatic rings. The van der Waals surface area contributed by atoms with Crippen LogP contribution in [0, 0.1) is 6.92 Å². The quantitative estimate of drug-likeness (QED) is 0.599. The number of nitrogens with one attached hydrogen (secondary N) is 2. The van der Waals surface area contributed by atoms with E-state index in [-0.39, 0.29) is 6.03 Å². The van der Waals surface area contributed by atoms with Crippen LogP contribution in [0.2, 0.25) is 0 Å². The van der Waals surface area contributed by atoms with Gasteiger partial charge in [-0.05, 0) is 67.3 Å². The molecule has 0 atom stereocenters. The summed E-state index contributed by atoms with van der Waals surface area (Å²) in [6, 6.07) is 24.1. The molecule has 0 aromatic heterocycles. The Morgan fingerprint density at radius 2 is 1.43 bits per heavy atom. The van der Waals surface area contributed by atoms with E-state index in [1.807, 2.05) is 49.4 Å². The van der Waals surface area contributed by atoms with Crippen LogP contribution in [0.4, 0.5) is 21.9 Å². The van der Waals surface area contributed by atoms with Crippen LogP contribution in [-0.2, 0) is 0 Å². The van der Waals surface area contributed by atoms with Crippen LogP contribution in [0.25, 0.3) is 11.1 Å². The van der Waals surface area contributed by atoms with Crippen LogP contribution in [0.15, 0.2) is 72.8 Å². The number of aryl methyl sites for hydroxylation is 1. The highest BCUT2D eigenvalue weighted by atomic mass is 16.2. The van der Waals surface area contributed by atoms with Crippen LogP contribution < -0.4 is 15.5 Å². The third-order valence-corrected chi connectivity index (χ3v) is 5.08. The lowest BCUT2D eigenvalue weighted by Gasteiger charge is -2.18. The van der Waals surface area contributed by atoms with Crippen molar-refractivity contribution in [2.75, 3.05) is 28.6 Å². The average molecular weight is 371 g/mol. The average Bonchev–Trinajstić information content (AvgIpc) is 3.25. The van der Waals surface area contributed by atoms with Gasteiger partial charge < -0.3 is 15.5 Å². The lowest BCUT2D eigenvalue weighted by Crippen LogP contribution is -2.19. The van der Waals surface area contributed by atoms with Crippen LogP contribution in [-0.4, -0.2) is 19.1 Å². The third kappa shape index (κ3) is 4.34. The highest BCUT2D eigenvalue weighted by Gasteiger charge is 2.13. The van der Waals surface area contributed by atoms with E-state index < -0.39 is 0 Å². The number of urea groups is 1. The van der Waals surface area contributed by atoms with Crippen LogP contribution in [0.1, 0.15) is 18.4 Å². The minimum Gasteiger partial charge on any atom is -0.372 e. The molecule has 1 heterocycles. The standard InChI is InChI=1S/C24H25N3O/c1-18-10-12-21(13-11-18)25-24(28)26-22-8-4-6-19(16-22)20-7-5-9-23(17-20)27-14-2-3-15-27/h4-13,16-17H,2-3,14-15H2,1H3,(H2,25,26,28). The molecule has 2 amide bonds. The number of hydrogen-bond donors (Lipinski definition) is 2. The van der Waals surface area contributed by atoms with Crippen molar-refractivity contribution in [2.45, 2.75) is 19.8 Å². The lowest BCUT2D eigenvalue weighted by atomic mass is 10.0. The Morgan fingerprint density at radius 1 is 0.786 bits per heavy atom. The number of carbonyl (C=O) groups excluding carboxylic acids is 1. The number of nitrogens with zero attached hydrogens (tertiary/aromatic N) is 1. The van der Waals surface area contributed by atoms with Gasteiger partial charge in [0.25, 0.3) is 0 Å². The monoisotopic (exact) mass is 371 g/mol. The predicted molar refractivity (Wildman–Crippen MR) is 117 cm³/mol. The topological polar surface area (TPSA) is 44.4 Å². The summed E-state index contributed by atoms with van der Waals surface area (Å²) in [7, 11) is 0. The van der Waals surface area contributed by atoms with Crippen molar-refractivity contribution >= 4 is 23.1 Å². The fourth-order valence-corrected chi connectivity index (χ4v) is 3.56. The summed E-state index contributed by atoms with van der Waals surface area (Å²) in [6.45, 7) is 4.28. The van der Waals surface area contributed by atoms with Gasteiger partial charge in [-0.15, -0.1) is 0 Å². The van der Waals surface area contributed by atoms with E-state index in [2.05, 4.69) is 45.9 Å². The zero-order chi connectivity index (χ0) is 19.3. The predicted octanol–water partition coefficient (Wildman–Crippen LogP) is 5.91. The third-order valence-electron chi connectivity index (χ3n) is 5.08. The summed E-state index contributed by atoms with van der Waals surface area (Å²) >= 11 is 0. The number of amides is 2. The van der Waals surface area contributed by atoms with E-state index >= 15 is 0 Å². The number of anilines is 3. The van der Waals surface area contributed by atoms with E-state index in [1.165, 1.54) is 18.5 Å². The Kier molecular flexibility index (Phi) is 5.29. The van der Waals surface area contributed by atoms with Crippen molar-refractivity contribution in [3.05, 3.63) is 78.4 Å². The van der Waals surface area contributed by atoms with Crippen LogP contribution in [0.3, 0.4) is 0 Å². The summed E-state index contributed by atoms with van der Waals surface area (Å²) in [6.07, 6.45) is 2.53. The molecule has 0 aliphatic carbocycles. The highest BCUT2D eigenvalue weighted by molar-refractivity contribution is 6.00. The molecule has 4 heteroatoms. The molecule has 0 unspecified atom stereocenters. The maximum atomic E-state index is 12.3. The first-order valence-corrected chi connectivity index (χ1v) is 9.77. The fraction of sp³-hybridized carbons (Fsp3) is 0.208. The number of rotatable bonds is 4. The Morgan fingerprint density at radius 3 is 2.18 bits per heavy atom. The molecular formula is C24H25N3O. The molecule has 0 saturated carbocycles. The normalized spacial score (nSPS) is 13.4. The summed E-state index contributed by atoms with van der Waals surface area (Å²) in [4.78, 5) is 14.7. The first kappa shape index (κ1) is 18.1. The van der Waals surface area contributed by atoms with Gasteiger partial charge in [-0.1, -0.05) is 42.0 Å². The maximum Gasteiger partial charge on any atom is 0.323 e. The zero-order valence-corrected chi connectivity index (χ0v) is 16.1. The van der Waals surface area contributed by atoms with Gasteiger partial charge in [-0.3, -0.25) is 0 Å². The zero-order valence-electron chi connectivity index (χ0n) is 16.1. The number of hydrogen-bond acceptors (Lipinski definition) is 2. The molecule has 142 valence electrons. The van der Waals surface area contributed by atoms with Crippen molar-refractivity contribution in [3.8, 4) is 11.1 Å². The lowest BCUT2D eigenvalue weighted by molar-refractivity contribution is 0.262. The maximum absolute atomic E-state index is 12.3. The largest absolute Gasteiger partial charge is 0.372 e. The van der Waals surface area contributed by atoms with Crippen molar-refractivity contribution in [3.63, 3.8) is 0 Å². The van der Waals surface area contributed by atoms with Gasteiger partial charge in [-0.2, -0.15) is 0 Å². The second-order valence-corrected chi connectivity index (χ2v) is 7.27. The van der Waals surface area contributed by atoms with E-state index in [9.17, 15) is 4.79 Å². The second-order valence-electron chi connectivity index (χ2n) is 7.27. The molecule has 28 heavy (non-hydrogen) atoms. The Hall–Kier alpha value is -3.27. The van der Waals surface area contributed by atoms with Crippen molar-refractivity contribution in [1.29, 1.82) is 0 Å². The van der Waals surface area contributed by atoms with Crippen molar-refractivity contribution < 1.29 is 4.79 Å². The molecule has 4 rings (SSSR count). The van der Waals surface area contributed by atoms with Crippen molar-refractivity contribution in [1.82, 2.24) is 0 Å². The summed E-state index contributed by atoms with van der Waals surface area (Å²) in [5, 5.41) is 5.79. The van der Waals surface area contributed by atoms with Gasteiger partial charge in [-0.25, -0.2) is 4.79 Å². The molecule has 0 bridgehead atoms. The first-order chi connectivity index (χ1) is 13.7. The fourth-order valence-electron chi connectivity index (χ4n) is 3.56. The molecule has 0 radical (unpaired) electrons. The minimum atomic E-state index is -0.244. The second kappa shape index (κ2) is 8.17. The van der Waals surface area contributed by atoms with Crippen LogP contribution >= 0.6 is 0 Å². The van der Waals surface area contributed by atoms with Gasteiger partial charge >= 0.3 is 6.03 Å². The van der Waals surface area contributed by atoms with Gasteiger partial charge in [0, 0.05) is 30.2 Å². The summed E-state index contributed by atoms with van der Waals surface area (Å²) in [5.41, 5.74) is 6.23. The molecule has 1 saturated heterocycles. The molecular weight excluding hydrogens is 346 g/mol. The summed E-state index contributed by atoms with van der Waals surface area (Å²) < 4.78 is 0. The first-order valence-electron chi connectivity index (χ1n) is 9.77. The molecule has 3 aromatic carbocycles. The van der Waals surface area contributed by atoms with Gasteiger partial charge in [0.1, 0.15) is 0 Å².